The lowest BCUT2D eigenvalue weighted by Gasteiger charge is -2.11. The minimum atomic E-state index is 0.279. The van der Waals surface area contributed by atoms with Crippen LogP contribution in [0.2, 0.25) is 0 Å². The molecule has 2 nitrogen and oxygen atoms in total. The number of rotatable bonds is 12. The summed E-state index contributed by atoms with van der Waals surface area (Å²) in [5, 5.41) is 3.40. The molecule has 0 aromatic carbocycles. The Hall–Kier alpha value is -0.370. The number of hydrogen-bond acceptors (Lipinski definition) is 2. The van der Waals surface area contributed by atoms with E-state index in [1.54, 1.807) is 6.92 Å². The normalized spacial score (nSPS) is 12.6. The van der Waals surface area contributed by atoms with Crippen LogP contribution in [0.15, 0.2) is 0 Å². The maximum Gasteiger partial charge on any atom is 0.131 e. The summed E-state index contributed by atoms with van der Waals surface area (Å²) in [4.78, 5) is 10.9. The molecule has 0 radical (unpaired) electrons. The number of unbranched alkanes of at least 4 members (excludes halogenated alkanes) is 7. The lowest BCUT2D eigenvalue weighted by atomic mass is 10.1. The van der Waals surface area contributed by atoms with Gasteiger partial charge in [0.25, 0.3) is 0 Å². The Morgan fingerprint density at radius 3 is 2.06 bits per heavy atom. The summed E-state index contributed by atoms with van der Waals surface area (Å²) >= 11 is 0. The van der Waals surface area contributed by atoms with Gasteiger partial charge in [-0.15, -0.1) is 0 Å². The third-order valence-corrected chi connectivity index (χ3v) is 3.12. The van der Waals surface area contributed by atoms with Crippen LogP contribution in [0.5, 0.6) is 0 Å². The van der Waals surface area contributed by atoms with Gasteiger partial charge in [0.1, 0.15) is 5.78 Å². The second-order valence-corrected chi connectivity index (χ2v) is 5.24. The van der Waals surface area contributed by atoms with E-state index in [2.05, 4.69) is 19.2 Å². The predicted octanol–water partition coefficient (Wildman–Crippen LogP) is 4.08. The Kier molecular flexibility index (Phi) is 11.8. The van der Waals surface area contributed by atoms with Crippen molar-refractivity contribution in [3.05, 3.63) is 0 Å². The third-order valence-electron chi connectivity index (χ3n) is 3.12. The maximum absolute atomic E-state index is 10.9. The second kappa shape index (κ2) is 12.1. The molecular weight excluding hydrogens is 210 g/mol. The number of carbonyl (C=O) groups excluding carboxylic acids is 1. The van der Waals surface area contributed by atoms with E-state index in [9.17, 15) is 4.79 Å². The van der Waals surface area contributed by atoms with Gasteiger partial charge < -0.3 is 5.32 Å². The number of carbonyl (C=O) groups is 1. The zero-order chi connectivity index (χ0) is 12.9. The summed E-state index contributed by atoms with van der Waals surface area (Å²) in [5.74, 6) is 0.279. The molecule has 0 saturated carbocycles. The highest BCUT2D eigenvalue weighted by Crippen LogP contribution is 2.08. The molecule has 0 aliphatic rings. The molecule has 0 amide bonds. The highest BCUT2D eigenvalue weighted by Gasteiger charge is 2.03. The first kappa shape index (κ1) is 16.6. The molecule has 17 heavy (non-hydrogen) atoms. The fourth-order valence-electron chi connectivity index (χ4n) is 2.11. The average Bonchev–Trinajstić information content (AvgIpc) is 2.26. The van der Waals surface area contributed by atoms with Crippen LogP contribution >= 0.6 is 0 Å². The number of ketones is 1. The molecule has 1 N–H and O–H groups in total. The van der Waals surface area contributed by atoms with Crippen LogP contribution in [0.25, 0.3) is 0 Å². The summed E-state index contributed by atoms with van der Waals surface area (Å²) in [6.07, 6.45) is 11.5. The molecule has 0 aliphatic heterocycles. The van der Waals surface area contributed by atoms with Crippen molar-refractivity contribution in [3.8, 4) is 0 Å². The zero-order valence-corrected chi connectivity index (χ0v) is 12.1. The molecule has 0 aromatic heterocycles. The fraction of sp³-hybridized carbons (Fsp3) is 0.933. The molecule has 0 aromatic rings. The summed E-state index contributed by atoms with van der Waals surface area (Å²) < 4.78 is 0. The van der Waals surface area contributed by atoms with Gasteiger partial charge in [-0.25, -0.2) is 0 Å². The Balaban J connectivity index is 3.10. The number of hydrogen-bond donors (Lipinski definition) is 1. The van der Waals surface area contributed by atoms with E-state index in [4.69, 9.17) is 0 Å². The van der Waals surface area contributed by atoms with Gasteiger partial charge in [-0.05, 0) is 26.8 Å². The van der Waals surface area contributed by atoms with Gasteiger partial charge >= 0.3 is 0 Å². The fourth-order valence-corrected chi connectivity index (χ4v) is 2.11. The standard InChI is InChI=1S/C15H31NO/c1-4-5-6-7-8-9-10-11-12-16-14(2)13-15(3)17/h14,16H,4-13H2,1-3H3. The van der Waals surface area contributed by atoms with Crippen LogP contribution in [-0.2, 0) is 4.79 Å². The molecule has 1 unspecified atom stereocenters. The zero-order valence-electron chi connectivity index (χ0n) is 12.1. The maximum atomic E-state index is 10.9. The first-order valence-electron chi connectivity index (χ1n) is 7.39. The van der Waals surface area contributed by atoms with Crippen molar-refractivity contribution in [2.75, 3.05) is 6.54 Å². The number of Topliss-reactive ketones (excluding diaryl/α,β-unsaturated/α-hetero) is 1. The van der Waals surface area contributed by atoms with Gasteiger partial charge in [0.05, 0.1) is 0 Å². The van der Waals surface area contributed by atoms with Crippen LogP contribution < -0.4 is 5.32 Å². The van der Waals surface area contributed by atoms with Gasteiger partial charge in [0, 0.05) is 12.5 Å². The first-order chi connectivity index (χ1) is 8.16. The lowest BCUT2D eigenvalue weighted by Crippen LogP contribution is -2.28. The van der Waals surface area contributed by atoms with Crippen LogP contribution in [-0.4, -0.2) is 18.4 Å². The molecule has 0 fully saturated rings. The van der Waals surface area contributed by atoms with Crippen molar-refractivity contribution in [2.45, 2.75) is 84.6 Å². The molecule has 2 heteroatoms. The Bertz CT molecular complexity index is 180. The first-order valence-corrected chi connectivity index (χ1v) is 7.39. The molecule has 0 spiro atoms. The van der Waals surface area contributed by atoms with E-state index in [1.807, 2.05) is 0 Å². The molecule has 0 heterocycles. The van der Waals surface area contributed by atoms with Crippen LogP contribution in [0.3, 0.4) is 0 Å². The topological polar surface area (TPSA) is 29.1 Å². The quantitative estimate of drug-likeness (QED) is 0.522. The van der Waals surface area contributed by atoms with E-state index in [0.29, 0.717) is 12.5 Å². The monoisotopic (exact) mass is 241 g/mol. The highest BCUT2D eigenvalue weighted by molar-refractivity contribution is 5.76. The minimum Gasteiger partial charge on any atom is -0.314 e. The van der Waals surface area contributed by atoms with Crippen molar-refractivity contribution in [2.24, 2.45) is 0 Å². The van der Waals surface area contributed by atoms with Crippen LogP contribution in [0.4, 0.5) is 0 Å². The molecular formula is C15H31NO. The molecule has 0 aliphatic carbocycles. The molecule has 102 valence electrons. The summed E-state index contributed by atoms with van der Waals surface area (Å²) in [5.41, 5.74) is 0. The van der Waals surface area contributed by atoms with Crippen molar-refractivity contribution in [1.82, 2.24) is 5.32 Å². The van der Waals surface area contributed by atoms with Crippen molar-refractivity contribution in [1.29, 1.82) is 0 Å². The van der Waals surface area contributed by atoms with E-state index in [1.165, 1.54) is 51.4 Å². The summed E-state index contributed by atoms with van der Waals surface area (Å²) in [7, 11) is 0. The van der Waals surface area contributed by atoms with Crippen LogP contribution in [0, 0.1) is 0 Å². The molecule has 0 saturated heterocycles. The SMILES string of the molecule is CCCCCCCCCCNC(C)CC(C)=O. The highest BCUT2D eigenvalue weighted by atomic mass is 16.1. The molecule has 0 rings (SSSR count). The molecule has 1 atom stereocenters. The average molecular weight is 241 g/mol. The third kappa shape index (κ3) is 13.6. The lowest BCUT2D eigenvalue weighted by molar-refractivity contribution is -0.117. The van der Waals surface area contributed by atoms with Gasteiger partial charge in [-0.1, -0.05) is 51.9 Å². The predicted molar refractivity (Wildman–Crippen MR) is 75.4 cm³/mol. The molecule has 0 bridgehead atoms. The smallest absolute Gasteiger partial charge is 0.131 e. The van der Waals surface area contributed by atoms with Crippen molar-refractivity contribution >= 4 is 5.78 Å². The Morgan fingerprint density at radius 2 is 1.53 bits per heavy atom. The van der Waals surface area contributed by atoms with Gasteiger partial charge in [0.2, 0.25) is 0 Å². The van der Waals surface area contributed by atoms with Gasteiger partial charge in [-0.3, -0.25) is 4.79 Å². The van der Waals surface area contributed by atoms with Crippen molar-refractivity contribution < 1.29 is 4.79 Å². The Morgan fingerprint density at radius 1 is 1.00 bits per heavy atom. The summed E-state index contributed by atoms with van der Waals surface area (Å²) in [6.45, 7) is 7.07. The minimum absolute atomic E-state index is 0.279. The van der Waals surface area contributed by atoms with Crippen LogP contribution in [0.1, 0.15) is 78.6 Å². The van der Waals surface area contributed by atoms with E-state index in [0.717, 1.165) is 6.54 Å². The van der Waals surface area contributed by atoms with Crippen molar-refractivity contribution in [3.63, 3.8) is 0 Å². The van der Waals surface area contributed by atoms with E-state index in [-0.39, 0.29) is 5.78 Å². The Labute approximate surface area is 108 Å². The van der Waals surface area contributed by atoms with E-state index >= 15 is 0 Å². The van der Waals surface area contributed by atoms with E-state index < -0.39 is 0 Å². The number of nitrogens with one attached hydrogen (secondary N) is 1. The van der Waals surface area contributed by atoms with Gasteiger partial charge in [0.15, 0.2) is 0 Å². The second-order valence-electron chi connectivity index (χ2n) is 5.24. The summed E-state index contributed by atoms with van der Waals surface area (Å²) in [6, 6.07) is 0.344. The largest absolute Gasteiger partial charge is 0.314 e. The van der Waals surface area contributed by atoms with Gasteiger partial charge in [-0.2, -0.15) is 0 Å².